The third-order valence-electron chi connectivity index (χ3n) is 5.99. The van der Waals surface area contributed by atoms with Crippen LogP contribution < -0.4 is 0 Å². The number of aliphatic hydroxyl groups is 2. The van der Waals surface area contributed by atoms with E-state index in [1.54, 1.807) is 18.7 Å². The van der Waals surface area contributed by atoms with Crippen molar-refractivity contribution in [2.24, 2.45) is 11.8 Å². The summed E-state index contributed by atoms with van der Waals surface area (Å²) in [6, 6.07) is 5.59. The van der Waals surface area contributed by atoms with E-state index in [9.17, 15) is 29.9 Å². The van der Waals surface area contributed by atoms with Crippen LogP contribution in [0.3, 0.4) is 0 Å². The number of nitro benzene ring substituents is 1. The molecule has 152 valence electrons. The van der Waals surface area contributed by atoms with E-state index in [1.165, 1.54) is 24.3 Å². The first-order valence-electron chi connectivity index (χ1n) is 9.06. The van der Waals surface area contributed by atoms with Crippen LogP contribution in [0.25, 0.3) is 0 Å². The molecule has 0 aliphatic carbocycles. The quantitative estimate of drug-likeness (QED) is 0.243. The number of carbonyl (C=O) groups excluding carboxylic acids is 2. The van der Waals surface area contributed by atoms with Crippen molar-refractivity contribution in [2.75, 3.05) is 6.61 Å². The Kier molecular flexibility index (Phi) is 4.81. The van der Waals surface area contributed by atoms with Crippen LogP contribution in [0.5, 0.6) is 0 Å². The summed E-state index contributed by atoms with van der Waals surface area (Å²) in [4.78, 5) is 36.3. The minimum atomic E-state index is -2.71. The Morgan fingerprint density at radius 2 is 1.96 bits per heavy atom. The Labute approximate surface area is 162 Å². The highest BCUT2D eigenvalue weighted by atomic mass is 16.6. The Bertz CT molecular complexity index is 805. The maximum Gasteiger partial charge on any atom is 0.269 e. The Balaban J connectivity index is 1.94. The largest absolute Gasteiger partial charge is 0.360 e. The molecule has 2 fully saturated rings. The summed E-state index contributed by atoms with van der Waals surface area (Å²) in [5.74, 6) is -4.92. The third-order valence-corrected chi connectivity index (χ3v) is 5.99. The number of ether oxygens (including phenoxy) is 1. The highest BCUT2D eigenvalue weighted by molar-refractivity contribution is 5.89. The molecule has 2 aliphatic heterocycles. The minimum Gasteiger partial charge on any atom is -0.360 e. The number of carbonyl (C=O) groups is 2. The molecule has 1 amide bonds. The molecule has 2 saturated heterocycles. The number of hydrogen-bond donors (Lipinski definition) is 2. The van der Waals surface area contributed by atoms with E-state index in [0.717, 1.165) is 0 Å². The van der Waals surface area contributed by atoms with Crippen LogP contribution in [-0.2, 0) is 20.7 Å². The molecule has 9 heteroatoms. The Morgan fingerprint density at radius 1 is 1.36 bits per heavy atom. The second-order valence-electron chi connectivity index (χ2n) is 8.19. The van der Waals surface area contributed by atoms with Gasteiger partial charge in [0.15, 0.2) is 6.29 Å². The zero-order valence-corrected chi connectivity index (χ0v) is 16.0. The maximum atomic E-state index is 13.0. The molecule has 0 radical (unpaired) electrons. The number of benzene rings is 1. The molecule has 1 aromatic rings. The normalized spacial score (nSPS) is 27.5. The highest BCUT2D eigenvalue weighted by Gasteiger charge is 2.67. The molecule has 0 spiro atoms. The summed E-state index contributed by atoms with van der Waals surface area (Å²) < 4.78 is 5.68. The third kappa shape index (κ3) is 3.09. The second-order valence-corrected chi connectivity index (χ2v) is 8.19. The first kappa shape index (κ1) is 20.4. The van der Waals surface area contributed by atoms with Gasteiger partial charge in [-0.25, -0.2) is 0 Å². The maximum absolute atomic E-state index is 13.0. The van der Waals surface area contributed by atoms with E-state index in [1.807, 2.05) is 6.92 Å². The van der Waals surface area contributed by atoms with E-state index >= 15 is 0 Å². The van der Waals surface area contributed by atoms with Crippen molar-refractivity contribution < 1.29 is 29.5 Å². The van der Waals surface area contributed by atoms with Gasteiger partial charge in [0.25, 0.3) is 5.69 Å². The van der Waals surface area contributed by atoms with Crippen LogP contribution >= 0.6 is 0 Å². The van der Waals surface area contributed by atoms with E-state index in [2.05, 4.69) is 0 Å². The van der Waals surface area contributed by atoms with Gasteiger partial charge in [-0.05, 0) is 39.2 Å². The predicted octanol–water partition coefficient (Wildman–Crippen LogP) is 1.01. The fraction of sp³-hybridized carbons (Fsp3) is 0.579. The number of aldehydes is 1. The van der Waals surface area contributed by atoms with Crippen molar-refractivity contribution in [1.82, 2.24) is 4.90 Å². The van der Waals surface area contributed by atoms with Crippen LogP contribution in [0.2, 0.25) is 0 Å². The molecule has 1 aromatic carbocycles. The van der Waals surface area contributed by atoms with Gasteiger partial charge in [-0.15, -0.1) is 0 Å². The Morgan fingerprint density at radius 3 is 2.50 bits per heavy atom. The number of hydrogen-bond acceptors (Lipinski definition) is 7. The predicted molar refractivity (Wildman–Crippen MR) is 96.9 cm³/mol. The fourth-order valence-corrected chi connectivity index (χ4v) is 4.66. The topological polar surface area (TPSA) is 130 Å². The number of non-ortho nitro benzene ring substituents is 1. The van der Waals surface area contributed by atoms with Gasteiger partial charge in [0.1, 0.15) is 5.72 Å². The lowest BCUT2D eigenvalue weighted by molar-refractivity contribution is -0.384. The summed E-state index contributed by atoms with van der Waals surface area (Å²) in [5, 5.41) is 31.5. The number of nitrogens with zero attached hydrogens (tertiary/aromatic N) is 2. The average Bonchev–Trinajstić information content (AvgIpc) is 2.60. The molecule has 2 N–H and O–H groups in total. The molecule has 3 unspecified atom stereocenters. The monoisotopic (exact) mass is 392 g/mol. The summed E-state index contributed by atoms with van der Waals surface area (Å²) >= 11 is 0. The smallest absolute Gasteiger partial charge is 0.269 e. The van der Waals surface area contributed by atoms with Crippen molar-refractivity contribution in [3.05, 3.63) is 39.9 Å². The van der Waals surface area contributed by atoms with Crippen molar-refractivity contribution in [1.29, 1.82) is 0 Å². The van der Waals surface area contributed by atoms with Gasteiger partial charge in [-0.2, -0.15) is 0 Å². The molecule has 28 heavy (non-hydrogen) atoms. The van der Waals surface area contributed by atoms with Gasteiger partial charge in [-0.1, -0.05) is 12.1 Å². The fourth-order valence-electron chi connectivity index (χ4n) is 4.66. The van der Waals surface area contributed by atoms with Crippen LogP contribution in [0.4, 0.5) is 5.69 Å². The van der Waals surface area contributed by atoms with Gasteiger partial charge in [0.2, 0.25) is 11.7 Å². The lowest BCUT2D eigenvalue weighted by Crippen LogP contribution is -2.80. The van der Waals surface area contributed by atoms with Crippen molar-refractivity contribution in [3.8, 4) is 0 Å². The van der Waals surface area contributed by atoms with E-state index in [0.29, 0.717) is 18.6 Å². The van der Waals surface area contributed by atoms with Crippen molar-refractivity contribution in [3.63, 3.8) is 0 Å². The van der Waals surface area contributed by atoms with Gasteiger partial charge in [-0.3, -0.25) is 19.7 Å². The minimum absolute atomic E-state index is 0.00482. The van der Waals surface area contributed by atoms with Crippen molar-refractivity contribution >= 4 is 17.9 Å². The molecule has 3 atom stereocenters. The number of amides is 1. The standard InChI is InChI=1S/C19H24N2O7/c1-17(2)20-16(23)15(18(20,3)8-9-28-17)14(19(24,25)11-22)10-12-4-6-13(7-5-12)21(26)27/h4-7,11,14-15,24-25H,8-10H2,1-3H3. The first-order chi connectivity index (χ1) is 12.9. The number of fused-ring (bicyclic) bond motifs is 1. The van der Waals surface area contributed by atoms with Crippen LogP contribution in [0.15, 0.2) is 24.3 Å². The van der Waals surface area contributed by atoms with Gasteiger partial charge < -0.3 is 19.8 Å². The van der Waals surface area contributed by atoms with Gasteiger partial charge in [0.05, 0.1) is 23.0 Å². The van der Waals surface area contributed by atoms with E-state index in [4.69, 9.17) is 4.74 Å². The number of nitro groups is 1. The lowest BCUT2D eigenvalue weighted by atomic mass is 9.61. The number of β-lactam (4-membered cyclic amide) rings is 1. The Hall–Kier alpha value is -2.36. The highest BCUT2D eigenvalue weighted by Crippen LogP contribution is 2.53. The van der Waals surface area contributed by atoms with E-state index in [-0.39, 0.29) is 24.3 Å². The molecular formula is C19H24N2O7. The van der Waals surface area contributed by atoms with Crippen LogP contribution in [-0.4, -0.2) is 55.9 Å². The zero-order valence-electron chi connectivity index (χ0n) is 16.0. The van der Waals surface area contributed by atoms with Crippen LogP contribution in [0.1, 0.15) is 32.8 Å². The molecule has 0 aromatic heterocycles. The molecule has 2 heterocycles. The second kappa shape index (κ2) is 6.61. The summed E-state index contributed by atoms with van der Waals surface area (Å²) in [5.41, 5.74) is -1.05. The molecule has 0 bridgehead atoms. The average molecular weight is 392 g/mol. The summed E-state index contributed by atoms with van der Waals surface area (Å²) in [6.45, 7) is 5.80. The summed E-state index contributed by atoms with van der Waals surface area (Å²) in [6.07, 6.45) is 0.538. The van der Waals surface area contributed by atoms with Crippen LogP contribution in [0, 0.1) is 22.0 Å². The molecule has 0 saturated carbocycles. The molecule has 9 nitrogen and oxygen atoms in total. The first-order valence-corrected chi connectivity index (χ1v) is 9.06. The SMILES string of the molecule is CC1(C)OCCC2(C)C(C(Cc3ccc([N+](=O)[O-])cc3)C(O)(O)C=O)C(=O)N12. The zero-order chi connectivity index (χ0) is 20.9. The molecule has 3 rings (SSSR count). The van der Waals surface area contributed by atoms with E-state index < -0.39 is 33.8 Å². The van der Waals surface area contributed by atoms with Crippen molar-refractivity contribution in [2.45, 2.75) is 50.7 Å². The summed E-state index contributed by atoms with van der Waals surface area (Å²) in [7, 11) is 0. The molecular weight excluding hydrogens is 368 g/mol. The lowest BCUT2D eigenvalue weighted by Gasteiger charge is -2.66. The molecule has 2 aliphatic rings. The number of rotatable bonds is 6. The van der Waals surface area contributed by atoms with Gasteiger partial charge in [0, 0.05) is 18.1 Å². The van der Waals surface area contributed by atoms with Gasteiger partial charge >= 0.3 is 0 Å².